The van der Waals surface area contributed by atoms with Crippen LogP contribution >= 0.6 is 0 Å². The molecule has 1 heteroatoms. The maximum absolute atomic E-state index is 9.51. The predicted octanol–water partition coefficient (Wildman–Crippen LogP) is 5.57. The quantitative estimate of drug-likeness (QED) is 0.648. The van der Waals surface area contributed by atoms with Crippen molar-refractivity contribution in [2.75, 3.05) is 0 Å². The molecule has 0 aliphatic heterocycles. The normalized spacial score (nSPS) is 38.2. The van der Waals surface area contributed by atoms with Crippen molar-refractivity contribution < 1.29 is 5.11 Å². The molecule has 0 saturated heterocycles. The van der Waals surface area contributed by atoms with E-state index in [1.807, 2.05) is 0 Å². The van der Waals surface area contributed by atoms with E-state index in [1.54, 1.807) is 0 Å². The summed E-state index contributed by atoms with van der Waals surface area (Å²) < 4.78 is 0. The Kier molecular flexibility index (Phi) is 5.31. The fourth-order valence-electron chi connectivity index (χ4n) is 4.53. The maximum Gasteiger partial charge on any atom is 0.0783 e. The fourth-order valence-corrected chi connectivity index (χ4v) is 4.53. The van der Waals surface area contributed by atoms with Gasteiger partial charge >= 0.3 is 0 Å². The van der Waals surface area contributed by atoms with E-state index in [9.17, 15) is 5.11 Å². The Labute approximate surface area is 114 Å². The summed E-state index contributed by atoms with van der Waals surface area (Å²) in [6.45, 7) is 13.9. The van der Waals surface area contributed by atoms with Crippen LogP contribution in [0.15, 0.2) is 11.8 Å². The van der Waals surface area contributed by atoms with Crippen LogP contribution in [0.2, 0.25) is 0 Å². The molecule has 1 nitrogen and oxygen atoms in total. The van der Waals surface area contributed by atoms with Gasteiger partial charge in [0.15, 0.2) is 0 Å². The van der Waals surface area contributed by atoms with Crippen molar-refractivity contribution in [2.24, 2.45) is 29.1 Å². The van der Waals surface area contributed by atoms with E-state index < -0.39 is 0 Å². The van der Waals surface area contributed by atoms with E-state index in [1.165, 1.54) is 37.5 Å². The Morgan fingerprint density at radius 2 is 2.06 bits per heavy atom. The summed E-state index contributed by atoms with van der Waals surface area (Å²) in [5.41, 5.74) is 1.57. The molecule has 1 N–H and O–H groups in total. The second-order valence-electron chi connectivity index (χ2n) is 7.09. The van der Waals surface area contributed by atoms with Crippen LogP contribution in [-0.4, -0.2) is 5.11 Å². The monoisotopic (exact) mass is 252 g/mol. The lowest BCUT2D eigenvalue weighted by Crippen LogP contribution is -2.43. The Bertz CT molecular complexity index is 292. The van der Waals surface area contributed by atoms with Gasteiger partial charge in [0.2, 0.25) is 0 Å². The van der Waals surface area contributed by atoms with Gasteiger partial charge in [-0.2, -0.15) is 0 Å². The summed E-state index contributed by atoms with van der Waals surface area (Å²) in [6, 6.07) is 0. The van der Waals surface area contributed by atoms with Crippen molar-refractivity contribution in [1.82, 2.24) is 0 Å². The highest BCUT2D eigenvalue weighted by molar-refractivity contribution is 5.11. The van der Waals surface area contributed by atoms with Gasteiger partial charge in [-0.1, -0.05) is 41.0 Å². The minimum absolute atomic E-state index is 0.375. The second kappa shape index (κ2) is 6.12. The molecule has 18 heavy (non-hydrogen) atoms. The maximum atomic E-state index is 9.51. The van der Waals surface area contributed by atoms with Gasteiger partial charge < -0.3 is 5.11 Å². The van der Waals surface area contributed by atoms with Crippen molar-refractivity contribution in [1.29, 1.82) is 0 Å². The van der Waals surface area contributed by atoms with Gasteiger partial charge in [-0.3, -0.25) is 0 Å². The zero-order valence-corrected chi connectivity index (χ0v) is 13.2. The van der Waals surface area contributed by atoms with Crippen molar-refractivity contribution in [3.8, 4) is 0 Å². The third kappa shape index (κ3) is 2.92. The minimum Gasteiger partial charge on any atom is -0.516 e. The highest BCUT2D eigenvalue weighted by atomic mass is 16.2. The molecule has 4 unspecified atom stereocenters. The molecule has 1 aliphatic carbocycles. The topological polar surface area (TPSA) is 20.2 Å². The van der Waals surface area contributed by atoms with Crippen LogP contribution in [0.4, 0.5) is 0 Å². The van der Waals surface area contributed by atoms with Gasteiger partial charge in [0.25, 0.3) is 0 Å². The van der Waals surface area contributed by atoms with Crippen LogP contribution in [0.25, 0.3) is 0 Å². The lowest BCUT2D eigenvalue weighted by Gasteiger charge is -2.51. The van der Waals surface area contributed by atoms with Gasteiger partial charge in [0.1, 0.15) is 0 Å². The Hall–Kier alpha value is -0.460. The first-order valence-electron chi connectivity index (χ1n) is 7.68. The highest BCUT2D eigenvalue weighted by Gasteiger charge is 2.46. The lowest BCUT2D eigenvalue weighted by atomic mass is 9.53. The molecule has 0 amide bonds. The van der Waals surface area contributed by atoms with Crippen LogP contribution < -0.4 is 0 Å². The van der Waals surface area contributed by atoms with Crippen LogP contribution in [-0.2, 0) is 0 Å². The molecule has 1 aliphatic rings. The molecule has 0 bridgehead atoms. The molecule has 1 saturated carbocycles. The first-order valence-corrected chi connectivity index (χ1v) is 7.68. The minimum atomic E-state index is 0.375. The summed E-state index contributed by atoms with van der Waals surface area (Å²) in [5.74, 6) is 2.72. The average molecular weight is 252 g/mol. The molecule has 0 aromatic heterocycles. The van der Waals surface area contributed by atoms with Crippen LogP contribution in [0, 0.1) is 29.1 Å². The van der Waals surface area contributed by atoms with Crippen LogP contribution in [0.5, 0.6) is 0 Å². The summed E-state index contributed by atoms with van der Waals surface area (Å²) in [6.07, 6.45) is 6.53. The Balaban J connectivity index is 3.13. The smallest absolute Gasteiger partial charge is 0.0783 e. The molecule has 4 atom stereocenters. The van der Waals surface area contributed by atoms with E-state index in [0.29, 0.717) is 23.2 Å². The van der Waals surface area contributed by atoms with Crippen molar-refractivity contribution >= 4 is 0 Å². The third-order valence-electron chi connectivity index (χ3n) is 5.25. The molecule has 0 heterocycles. The Morgan fingerprint density at radius 1 is 1.44 bits per heavy atom. The van der Waals surface area contributed by atoms with E-state index in [4.69, 9.17) is 0 Å². The number of allylic oxidation sites excluding steroid dienone is 1. The van der Waals surface area contributed by atoms with Gasteiger partial charge in [-0.25, -0.2) is 0 Å². The molecule has 0 radical (unpaired) electrons. The van der Waals surface area contributed by atoms with E-state index in [-0.39, 0.29) is 0 Å². The van der Waals surface area contributed by atoms with Crippen molar-refractivity contribution in [3.05, 3.63) is 11.8 Å². The molecule has 0 aromatic carbocycles. The standard InChI is InChI=1S/C17H32O/c1-7-9-17(6)10-8-13(4)15(12(2)3)16(17)14(5)11-18/h11-13,15-16,18H,7-10H2,1-6H3/b14-11+. The van der Waals surface area contributed by atoms with Gasteiger partial charge in [-0.05, 0) is 60.8 Å². The summed E-state index contributed by atoms with van der Waals surface area (Å²) in [7, 11) is 0. The summed E-state index contributed by atoms with van der Waals surface area (Å²) in [4.78, 5) is 0. The first-order chi connectivity index (χ1) is 8.37. The van der Waals surface area contributed by atoms with E-state index >= 15 is 0 Å². The molecular formula is C17H32O. The fraction of sp³-hybridized carbons (Fsp3) is 0.882. The van der Waals surface area contributed by atoms with Crippen LogP contribution in [0.1, 0.15) is 67.2 Å². The molecule has 0 aromatic rings. The van der Waals surface area contributed by atoms with Crippen LogP contribution in [0.3, 0.4) is 0 Å². The molecule has 106 valence electrons. The van der Waals surface area contributed by atoms with Gasteiger partial charge in [-0.15, -0.1) is 0 Å². The highest BCUT2D eigenvalue weighted by Crippen LogP contribution is 2.54. The predicted molar refractivity (Wildman–Crippen MR) is 79.6 cm³/mol. The van der Waals surface area contributed by atoms with Crippen molar-refractivity contribution in [3.63, 3.8) is 0 Å². The zero-order valence-electron chi connectivity index (χ0n) is 13.2. The van der Waals surface area contributed by atoms with Gasteiger partial charge in [0.05, 0.1) is 6.26 Å². The summed E-state index contributed by atoms with van der Waals surface area (Å²) in [5, 5.41) is 9.51. The zero-order chi connectivity index (χ0) is 13.9. The number of aliphatic hydroxyl groups is 1. The summed E-state index contributed by atoms with van der Waals surface area (Å²) >= 11 is 0. The number of rotatable bonds is 4. The average Bonchev–Trinajstić information content (AvgIpc) is 2.31. The SMILES string of the molecule is CCCC1(C)CCC(C)C(C(C)C)C1/C(C)=C/O. The van der Waals surface area contributed by atoms with E-state index in [2.05, 4.69) is 41.5 Å². The number of aliphatic hydroxyl groups excluding tert-OH is 1. The Morgan fingerprint density at radius 3 is 2.50 bits per heavy atom. The number of hydrogen-bond acceptors (Lipinski definition) is 1. The molecular weight excluding hydrogens is 220 g/mol. The number of hydrogen-bond donors (Lipinski definition) is 1. The molecule has 0 spiro atoms. The van der Waals surface area contributed by atoms with E-state index in [0.717, 1.165) is 5.92 Å². The molecule has 1 rings (SSSR count). The molecule has 1 fully saturated rings. The van der Waals surface area contributed by atoms with Crippen molar-refractivity contribution in [2.45, 2.75) is 67.2 Å². The lowest BCUT2D eigenvalue weighted by molar-refractivity contribution is 0.0114. The third-order valence-corrected chi connectivity index (χ3v) is 5.25. The largest absolute Gasteiger partial charge is 0.516 e. The second-order valence-corrected chi connectivity index (χ2v) is 7.09. The first kappa shape index (κ1) is 15.6. The van der Waals surface area contributed by atoms with Gasteiger partial charge in [0, 0.05) is 0 Å².